The molecular formula is C31H31Cl2N3O3. The largest absolute Gasteiger partial charge is 0.468 e. The first kappa shape index (κ1) is 27.1. The van der Waals surface area contributed by atoms with Crippen molar-refractivity contribution in [2.24, 2.45) is 0 Å². The van der Waals surface area contributed by atoms with Crippen molar-refractivity contribution in [3.63, 3.8) is 0 Å². The molecule has 39 heavy (non-hydrogen) atoms. The monoisotopic (exact) mass is 563 g/mol. The minimum Gasteiger partial charge on any atom is -0.468 e. The third-order valence-corrected chi connectivity index (χ3v) is 8.24. The summed E-state index contributed by atoms with van der Waals surface area (Å²) in [4.78, 5) is 30.3. The van der Waals surface area contributed by atoms with Crippen LogP contribution in [0.15, 0.2) is 93.9 Å². The van der Waals surface area contributed by atoms with Crippen molar-refractivity contribution in [1.29, 1.82) is 0 Å². The number of halogens is 2. The molecule has 8 heteroatoms. The fourth-order valence-corrected chi connectivity index (χ4v) is 6.16. The number of hydrogen-bond donors (Lipinski definition) is 2. The Bertz CT molecular complexity index is 1360. The number of nitrogens with zero attached hydrogens (tertiary/aromatic N) is 1. The molecule has 0 saturated heterocycles. The van der Waals surface area contributed by atoms with Gasteiger partial charge in [-0.05, 0) is 63.1 Å². The van der Waals surface area contributed by atoms with Gasteiger partial charge in [-0.15, -0.1) is 0 Å². The average Bonchev–Trinajstić information content (AvgIpc) is 3.46. The van der Waals surface area contributed by atoms with Gasteiger partial charge in [0.15, 0.2) is 0 Å². The zero-order chi connectivity index (χ0) is 27.5. The molecule has 3 aromatic rings. The van der Waals surface area contributed by atoms with Crippen LogP contribution in [0.25, 0.3) is 0 Å². The van der Waals surface area contributed by atoms with Gasteiger partial charge in [-0.1, -0.05) is 66.7 Å². The lowest BCUT2D eigenvalue weighted by atomic mass is 9.80. The van der Waals surface area contributed by atoms with Crippen LogP contribution in [0.1, 0.15) is 57.6 Å². The normalized spacial score (nSPS) is 17.0. The lowest BCUT2D eigenvalue weighted by Gasteiger charge is -2.43. The van der Waals surface area contributed by atoms with Crippen LogP contribution in [0.2, 0.25) is 10.0 Å². The van der Waals surface area contributed by atoms with Crippen LogP contribution in [-0.2, 0) is 9.59 Å². The van der Waals surface area contributed by atoms with E-state index in [4.69, 9.17) is 27.6 Å². The minimum absolute atomic E-state index is 0.183. The van der Waals surface area contributed by atoms with E-state index in [0.29, 0.717) is 38.3 Å². The molecule has 1 aliphatic heterocycles. The van der Waals surface area contributed by atoms with Gasteiger partial charge in [0.2, 0.25) is 0 Å². The second kappa shape index (κ2) is 11.7. The van der Waals surface area contributed by atoms with Gasteiger partial charge < -0.3 is 20.0 Å². The first-order chi connectivity index (χ1) is 18.9. The van der Waals surface area contributed by atoms with Gasteiger partial charge in [-0.3, -0.25) is 9.59 Å². The van der Waals surface area contributed by atoms with Crippen molar-refractivity contribution in [3.05, 3.63) is 105 Å². The molecule has 0 atom stereocenters. The first-order valence-electron chi connectivity index (χ1n) is 13.2. The van der Waals surface area contributed by atoms with E-state index in [2.05, 4.69) is 15.5 Å². The fraction of sp³-hybridized carbons (Fsp3) is 0.290. The van der Waals surface area contributed by atoms with Crippen LogP contribution in [0.3, 0.4) is 0 Å². The lowest BCUT2D eigenvalue weighted by Crippen LogP contribution is -2.42. The fourth-order valence-electron chi connectivity index (χ4n) is 5.80. The average molecular weight is 565 g/mol. The number of allylic oxidation sites excluding steroid dienone is 2. The van der Waals surface area contributed by atoms with Crippen LogP contribution in [-0.4, -0.2) is 22.8 Å². The maximum atomic E-state index is 14.1. The summed E-state index contributed by atoms with van der Waals surface area (Å²) in [6.45, 7) is 3.91. The van der Waals surface area contributed by atoms with E-state index in [0.717, 1.165) is 37.1 Å². The highest BCUT2D eigenvalue weighted by molar-refractivity contribution is 6.34. The van der Waals surface area contributed by atoms with Gasteiger partial charge in [0.25, 0.3) is 11.8 Å². The highest BCUT2D eigenvalue weighted by Gasteiger charge is 2.42. The highest BCUT2D eigenvalue weighted by Crippen LogP contribution is 2.45. The van der Waals surface area contributed by atoms with Crippen LogP contribution in [0, 0.1) is 0 Å². The summed E-state index contributed by atoms with van der Waals surface area (Å²) in [6, 6.07) is 18.0. The van der Waals surface area contributed by atoms with Crippen LogP contribution in [0.5, 0.6) is 0 Å². The number of hydrogen-bond acceptors (Lipinski definition) is 4. The molecule has 0 unspecified atom stereocenters. The molecule has 0 spiro atoms. The number of carbonyl (C=O) groups excluding carboxylic acids is 2. The van der Waals surface area contributed by atoms with E-state index < -0.39 is 5.92 Å². The van der Waals surface area contributed by atoms with E-state index >= 15 is 0 Å². The van der Waals surface area contributed by atoms with E-state index in [1.165, 1.54) is 6.42 Å². The molecule has 2 N–H and O–H groups in total. The van der Waals surface area contributed by atoms with Crippen molar-refractivity contribution < 1.29 is 14.0 Å². The topological polar surface area (TPSA) is 74.6 Å². The molecule has 1 aromatic heterocycles. The quantitative estimate of drug-likeness (QED) is 0.317. The number of carbonyl (C=O) groups is 2. The molecule has 0 radical (unpaired) electrons. The molecule has 1 fully saturated rings. The zero-order valence-corrected chi connectivity index (χ0v) is 23.5. The Labute approximate surface area is 238 Å². The summed E-state index contributed by atoms with van der Waals surface area (Å²) >= 11 is 12.8. The second-order valence-electron chi connectivity index (χ2n) is 9.98. The molecule has 2 heterocycles. The van der Waals surface area contributed by atoms with Crippen molar-refractivity contribution >= 4 is 46.4 Å². The predicted molar refractivity (Wildman–Crippen MR) is 156 cm³/mol. The molecule has 6 nitrogen and oxygen atoms in total. The van der Waals surface area contributed by atoms with Crippen LogP contribution in [0.4, 0.5) is 11.4 Å². The SMILES string of the molecule is CC1=C(C(=O)Nc2ccccc2Cl)C(c2ccco2)C(C(=O)Nc2ccccc2Cl)=C(C)N1C1CCCCC1. The minimum atomic E-state index is -0.732. The smallest absolute Gasteiger partial charge is 0.254 e. The molecular weight excluding hydrogens is 533 g/mol. The highest BCUT2D eigenvalue weighted by atomic mass is 35.5. The Morgan fingerprint density at radius 1 is 0.769 bits per heavy atom. The van der Waals surface area contributed by atoms with Gasteiger partial charge in [0.05, 0.1) is 44.7 Å². The van der Waals surface area contributed by atoms with Crippen molar-refractivity contribution in [3.8, 4) is 0 Å². The van der Waals surface area contributed by atoms with Crippen molar-refractivity contribution in [2.45, 2.75) is 57.9 Å². The first-order valence-corrected chi connectivity index (χ1v) is 14.0. The van der Waals surface area contributed by atoms with Crippen LogP contribution >= 0.6 is 23.2 Å². The number of rotatable bonds is 6. The standard InChI is InChI=1S/C31H31Cl2N3O3/c1-19-27(30(37)34-24-15-8-6-13-22(24)32)29(26-17-10-18-39-26)28(20(2)36(19)21-11-4-3-5-12-21)31(38)35-25-16-9-7-14-23(25)33/h6-10,13-18,21,29H,3-5,11-12H2,1-2H3,(H,34,37)(H,35,38). The van der Waals surface area contributed by atoms with Gasteiger partial charge in [0.1, 0.15) is 5.76 Å². The number of benzene rings is 2. The number of nitrogens with one attached hydrogen (secondary N) is 2. The number of anilines is 2. The Balaban J connectivity index is 1.64. The van der Waals surface area contributed by atoms with Gasteiger partial charge in [-0.2, -0.15) is 0 Å². The number of furan rings is 1. The maximum absolute atomic E-state index is 14.1. The Morgan fingerprint density at radius 2 is 1.28 bits per heavy atom. The Morgan fingerprint density at radius 3 is 1.74 bits per heavy atom. The van der Waals surface area contributed by atoms with Crippen molar-refractivity contribution in [2.75, 3.05) is 10.6 Å². The summed E-state index contributed by atoms with van der Waals surface area (Å²) < 4.78 is 5.86. The molecule has 2 amide bonds. The molecule has 2 aromatic carbocycles. The predicted octanol–water partition coefficient (Wildman–Crippen LogP) is 8.14. The summed E-state index contributed by atoms with van der Waals surface area (Å²) in [7, 11) is 0. The molecule has 1 aliphatic carbocycles. The molecule has 5 rings (SSSR count). The Hall–Kier alpha value is -3.48. The third kappa shape index (κ3) is 5.49. The number of amides is 2. The van der Waals surface area contributed by atoms with E-state index in [1.807, 2.05) is 38.1 Å². The lowest BCUT2D eigenvalue weighted by molar-refractivity contribution is -0.113. The molecule has 0 bridgehead atoms. The van der Waals surface area contributed by atoms with E-state index in [-0.39, 0.29) is 17.9 Å². The summed E-state index contributed by atoms with van der Waals surface area (Å²) in [5.41, 5.74) is 3.51. The van der Waals surface area contributed by atoms with Gasteiger partial charge in [0, 0.05) is 17.4 Å². The molecule has 1 saturated carbocycles. The van der Waals surface area contributed by atoms with Crippen LogP contribution < -0.4 is 10.6 Å². The zero-order valence-electron chi connectivity index (χ0n) is 22.0. The summed E-state index contributed by atoms with van der Waals surface area (Å²) in [6.07, 6.45) is 6.92. The van der Waals surface area contributed by atoms with E-state index in [9.17, 15) is 9.59 Å². The second-order valence-corrected chi connectivity index (χ2v) is 10.8. The van der Waals surface area contributed by atoms with E-state index in [1.54, 1.807) is 42.7 Å². The number of para-hydroxylation sites is 2. The summed E-state index contributed by atoms with van der Waals surface area (Å²) in [5, 5.41) is 6.84. The third-order valence-electron chi connectivity index (χ3n) is 7.58. The maximum Gasteiger partial charge on any atom is 0.254 e. The Kier molecular flexibility index (Phi) is 8.15. The van der Waals surface area contributed by atoms with Gasteiger partial charge in [-0.25, -0.2) is 0 Å². The molecule has 2 aliphatic rings. The summed E-state index contributed by atoms with van der Waals surface area (Å²) in [5.74, 6) is -0.896. The van der Waals surface area contributed by atoms with Crippen molar-refractivity contribution in [1.82, 2.24) is 4.90 Å². The molecule has 202 valence electrons. The van der Waals surface area contributed by atoms with Gasteiger partial charge >= 0.3 is 0 Å².